The number of aliphatic carboxylic acids is 1. The number of benzene rings is 3. The summed E-state index contributed by atoms with van der Waals surface area (Å²) in [7, 11) is 0. The average Bonchev–Trinajstić information content (AvgIpc) is 2.75. The number of halogens is 1. The molecule has 0 bridgehead atoms. The van der Waals surface area contributed by atoms with Crippen molar-refractivity contribution in [1.82, 2.24) is 5.32 Å². The fraction of sp³-hybridized carbons (Fsp3) is 0.167. The minimum absolute atomic E-state index is 0.183. The topological polar surface area (TPSA) is 66.4 Å². The Bertz CT molecular complexity index is 950. The van der Waals surface area contributed by atoms with Crippen LogP contribution >= 0.6 is 15.9 Å². The number of rotatable bonds is 7. The predicted octanol–water partition coefficient (Wildman–Crippen LogP) is 4.57. The van der Waals surface area contributed by atoms with Gasteiger partial charge in [0.05, 0.1) is 5.41 Å². The Labute approximate surface area is 178 Å². The van der Waals surface area contributed by atoms with E-state index in [1.807, 2.05) is 91.9 Å². The summed E-state index contributed by atoms with van der Waals surface area (Å²) in [4.78, 5) is 25.4. The summed E-state index contributed by atoms with van der Waals surface area (Å²) in [5, 5.41) is 12.5. The second-order valence-corrected chi connectivity index (χ2v) is 7.87. The molecule has 0 aromatic heterocycles. The molecule has 0 fully saturated rings. The van der Waals surface area contributed by atoms with E-state index in [2.05, 4.69) is 21.2 Å². The second-order valence-electron chi connectivity index (χ2n) is 7.02. The standard InChI is InChI=1S/C24H22BrNO3/c1-24(18-11-4-2-5-12-18,19-13-6-3-7-14-19)23(29)26-21(22(27)28)16-17-10-8-9-15-20(17)25/h2-15,21H,16H2,1H3,(H,26,29)(H,27,28)/t21-/m0/s1. The van der Waals surface area contributed by atoms with Gasteiger partial charge in [-0.3, -0.25) is 4.79 Å². The number of amides is 1. The molecule has 1 atom stereocenters. The Morgan fingerprint density at radius 1 is 0.897 bits per heavy atom. The largest absolute Gasteiger partial charge is 0.480 e. The molecule has 4 nitrogen and oxygen atoms in total. The van der Waals surface area contributed by atoms with Crippen LogP contribution < -0.4 is 5.32 Å². The van der Waals surface area contributed by atoms with Crippen LogP contribution in [0.25, 0.3) is 0 Å². The first-order valence-corrected chi connectivity index (χ1v) is 10.1. The molecule has 29 heavy (non-hydrogen) atoms. The molecule has 0 aliphatic heterocycles. The van der Waals surface area contributed by atoms with Gasteiger partial charge in [-0.25, -0.2) is 4.79 Å². The normalized spacial score (nSPS) is 12.2. The molecule has 0 heterocycles. The third-order valence-corrected chi connectivity index (χ3v) is 5.92. The number of nitrogens with one attached hydrogen (secondary N) is 1. The molecule has 0 aliphatic rings. The van der Waals surface area contributed by atoms with Crippen LogP contribution in [0.5, 0.6) is 0 Å². The number of hydrogen-bond donors (Lipinski definition) is 2. The molecular formula is C24H22BrNO3. The Morgan fingerprint density at radius 3 is 1.86 bits per heavy atom. The van der Waals surface area contributed by atoms with Gasteiger partial charge in [0.15, 0.2) is 0 Å². The molecule has 1 amide bonds. The summed E-state index contributed by atoms with van der Waals surface area (Å²) in [5.74, 6) is -1.42. The van der Waals surface area contributed by atoms with Crippen molar-refractivity contribution in [3.63, 3.8) is 0 Å². The zero-order chi connectivity index (χ0) is 20.9. The highest BCUT2D eigenvalue weighted by Crippen LogP contribution is 2.32. The Hall–Kier alpha value is -2.92. The Morgan fingerprint density at radius 2 is 1.38 bits per heavy atom. The molecule has 0 radical (unpaired) electrons. The van der Waals surface area contributed by atoms with E-state index in [4.69, 9.17) is 0 Å². The molecule has 0 aliphatic carbocycles. The molecule has 0 unspecified atom stereocenters. The molecule has 0 spiro atoms. The Balaban J connectivity index is 1.95. The molecule has 0 saturated carbocycles. The highest BCUT2D eigenvalue weighted by Gasteiger charge is 2.39. The first-order valence-electron chi connectivity index (χ1n) is 9.31. The molecule has 148 valence electrons. The van der Waals surface area contributed by atoms with Crippen molar-refractivity contribution in [1.29, 1.82) is 0 Å². The lowest BCUT2D eigenvalue weighted by Gasteiger charge is -2.31. The summed E-state index contributed by atoms with van der Waals surface area (Å²) in [6.07, 6.45) is 0.183. The highest BCUT2D eigenvalue weighted by molar-refractivity contribution is 9.10. The molecule has 2 N–H and O–H groups in total. The SMILES string of the molecule is CC(C(=O)N[C@@H](Cc1ccccc1Br)C(=O)O)(c1ccccc1)c1ccccc1. The fourth-order valence-electron chi connectivity index (χ4n) is 3.36. The van der Waals surface area contributed by atoms with E-state index in [-0.39, 0.29) is 12.3 Å². The van der Waals surface area contributed by atoms with Gasteiger partial charge in [0.2, 0.25) is 5.91 Å². The van der Waals surface area contributed by atoms with E-state index in [1.54, 1.807) is 0 Å². The molecule has 5 heteroatoms. The van der Waals surface area contributed by atoms with Crippen molar-refractivity contribution < 1.29 is 14.7 Å². The molecule has 0 saturated heterocycles. The third kappa shape index (κ3) is 4.57. The van der Waals surface area contributed by atoms with Gasteiger partial charge in [0.1, 0.15) is 6.04 Å². The van der Waals surface area contributed by atoms with Gasteiger partial charge >= 0.3 is 5.97 Å². The first-order chi connectivity index (χ1) is 13.9. The van der Waals surface area contributed by atoms with Crippen LogP contribution in [0, 0.1) is 0 Å². The summed E-state index contributed by atoms with van der Waals surface area (Å²) < 4.78 is 0.814. The van der Waals surface area contributed by atoms with Crippen molar-refractivity contribution in [2.24, 2.45) is 0 Å². The number of carbonyl (C=O) groups is 2. The van der Waals surface area contributed by atoms with Gasteiger partial charge in [-0.2, -0.15) is 0 Å². The van der Waals surface area contributed by atoms with Crippen LogP contribution in [0.1, 0.15) is 23.6 Å². The maximum Gasteiger partial charge on any atom is 0.326 e. The lowest BCUT2D eigenvalue weighted by Crippen LogP contribution is -2.50. The smallest absolute Gasteiger partial charge is 0.326 e. The number of hydrogen-bond acceptors (Lipinski definition) is 2. The van der Waals surface area contributed by atoms with Crippen LogP contribution in [0.2, 0.25) is 0 Å². The predicted molar refractivity (Wildman–Crippen MR) is 117 cm³/mol. The summed E-state index contributed by atoms with van der Waals surface area (Å²) in [6.45, 7) is 1.82. The van der Waals surface area contributed by atoms with E-state index >= 15 is 0 Å². The van der Waals surface area contributed by atoms with Gasteiger partial charge < -0.3 is 10.4 Å². The Kier molecular flexibility index (Phi) is 6.49. The maximum atomic E-state index is 13.5. The monoisotopic (exact) mass is 451 g/mol. The zero-order valence-electron chi connectivity index (χ0n) is 16.0. The van der Waals surface area contributed by atoms with Crippen molar-refractivity contribution >= 4 is 27.8 Å². The van der Waals surface area contributed by atoms with Crippen molar-refractivity contribution in [3.8, 4) is 0 Å². The van der Waals surface area contributed by atoms with Gasteiger partial charge in [0, 0.05) is 10.9 Å². The minimum Gasteiger partial charge on any atom is -0.480 e. The lowest BCUT2D eigenvalue weighted by atomic mass is 9.75. The van der Waals surface area contributed by atoms with Crippen molar-refractivity contribution in [2.45, 2.75) is 24.8 Å². The van der Waals surface area contributed by atoms with Crippen LogP contribution in [0.15, 0.2) is 89.4 Å². The number of carboxylic acids is 1. The summed E-state index contributed by atoms with van der Waals surface area (Å²) in [6, 6.07) is 25.2. The molecule has 3 aromatic rings. The fourth-order valence-corrected chi connectivity index (χ4v) is 3.80. The highest BCUT2D eigenvalue weighted by atomic mass is 79.9. The van der Waals surface area contributed by atoms with Gasteiger partial charge in [-0.15, -0.1) is 0 Å². The minimum atomic E-state index is -1.07. The van der Waals surface area contributed by atoms with E-state index in [0.717, 1.165) is 21.2 Å². The van der Waals surface area contributed by atoms with Crippen LogP contribution in [-0.4, -0.2) is 23.0 Å². The molecule has 3 rings (SSSR count). The summed E-state index contributed by atoms with van der Waals surface area (Å²) in [5.41, 5.74) is 1.40. The average molecular weight is 452 g/mol. The van der Waals surface area contributed by atoms with E-state index in [1.165, 1.54) is 0 Å². The lowest BCUT2D eigenvalue weighted by molar-refractivity contribution is -0.142. The first kappa shape index (κ1) is 20.8. The second kappa shape index (κ2) is 9.05. The van der Waals surface area contributed by atoms with Gasteiger partial charge in [0.25, 0.3) is 0 Å². The van der Waals surface area contributed by atoms with Crippen LogP contribution in [-0.2, 0) is 21.4 Å². The quantitative estimate of drug-likeness (QED) is 0.552. The van der Waals surface area contributed by atoms with Gasteiger partial charge in [-0.1, -0.05) is 94.8 Å². The van der Waals surface area contributed by atoms with Crippen LogP contribution in [0.4, 0.5) is 0 Å². The van der Waals surface area contributed by atoms with E-state index in [0.29, 0.717) is 0 Å². The molecular weight excluding hydrogens is 430 g/mol. The summed E-state index contributed by atoms with van der Waals surface area (Å²) >= 11 is 3.45. The third-order valence-electron chi connectivity index (χ3n) is 5.14. The number of carbonyl (C=O) groups excluding carboxylic acids is 1. The van der Waals surface area contributed by atoms with Crippen molar-refractivity contribution in [3.05, 3.63) is 106 Å². The maximum absolute atomic E-state index is 13.5. The van der Waals surface area contributed by atoms with E-state index < -0.39 is 17.4 Å². The van der Waals surface area contributed by atoms with Crippen LogP contribution in [0.3, 0.4) is 0 Å². The molecule has 3 aromatic carbocycles. The number of carboxylic acid groups (broad SMARTS) is 1. The van der Waals surface area contributed by atoms with Gasteiger partial charge in [-0.05, 0) is 29.7 Å². The van der Waals surface area contributed by atoms with E-state index in [9.17, 15) is 14.7 Å². The zero-order valence-corrected chi connectivity index (χ0v) is 17.6. The van der Waals surface area contributed by atoms with Crippen molar-refractivity contribution in [2.75, 3.05) is 0 Å².